The van der Waals surface area contributed by atoms with Crippen molar-refractivity contribution in [2.24, 2.45) is 5.92 Å². The van der Waals surface area contributed by atoms with Crippen LogP contribution in [0, 0.1) is 11.7 Å². The maximum Gasteiger partial charge on any atom is 0.250 e. The second-order valence-electron chi connectivity index (χ2n) is 7.24. The monoisotopic (exact) mass is 336 g/mol. The summed E-state index contributed by atoms with van der Waals surface area (Å²) in [6.45, 7) is 6.01. The zero-order chi connectivity index (χ0) is 17.2. The highest BCUT2D eigenvalue weighted by Gasteiger charge is 2.49. The first-order valence-electron chi connectivity index (χ1n) is 8.66. The van der Waals surface area contributed by atoms with Crippen molar-refractivity contribution in [2.75, 3.05) is 19.7 Å². The fourth-order valence-electron chi connectivity index (χ4n) is 3.32. The van der Waals surface area contributed by atoms with Gasteiger partial charge in [0.1, 0.15) is 11.7 Å². The molecule has 0 N–H and O–H groups in total. The lowest BCUT2D eigenvalue weighted by atomic mass is 9.84. The Labute approximate surface area is 142 Å². The summed E-state index contributed by atoms with van der Waals surface area (Å²) >= 11 is 0. The second kappa shape index (κ2) is 7.05. The summed E-state index contributed by atoms with van der Waals surface area (Å²) in [5.74, 6) is 0.318. The van der Waals surface area contributed by atoms with Crippen molar-refractivity contribution < 1.29 is 18.7 Å². The SMILES string of the molecule is CC(C)CCC(=O)N1CC2(C[C@H](Oc3ncccc3F)CCO2)C1. The predicted molar refractivity (Wildman–Crippen MR) is 87.2 cm³/mol. The lowest BCUT2D eigenvalue weighted by Gasteiger charge is -2.53. The molecule has 132 valence electrons. The Kier molecular flexibility index (Phi) is 5.04. The van der Waals surface area contributed by atoms with Crippen molar-refractivity contribution in [1.82, 2.24) is 9.88 Å². The fourth-order valence-corrected chi connectivity index (χ4v) is 3.32. The van der Waals surface area contributed by atoms with Gasteiger partial charge in [0.2, 0.25) is 5.91 Å². The number of nitrogens with zero attached hydrogens (tertiary/aromatic N) is 2. The third-order valence-corrected chi connectivity index (χ3v) is 4.70. The van der Waals surface area contributed by atoms with E-state index in [-0.39, 0.29) is 23.5 Å². The van der Waals surface area contributed by atoms with E-state index in [1.165, 1.54) is 12.3 Å². The molecule has 1 amide bonds. The minimum atomic E-state index is -0.447. The van der Waals surface area contributed by atoms with Gasteiger partial charge in [0.05, 0.1) is 19.7 Å². The molecule has 0 bridgehead atoms. The van der Waals surface area contributed by atoms with Gasteiger partial charge in [0.15, 0.2) is 5.82 Å². The van der Waals surface area contributed by atoms with E-state index in [0.29, 0.717) is 44.9 Å². The molecule has 2 aliphatic rings. The molecule has 0 saturated carbocycles. The highest BCUT2D eigenvalue weighted by molar-refractivity contribution is 5.77. The molecule has 1 atom stereocenters. The normalized spacial score (nSPS) is 22.5. The molecule has 0 unspecified atom stereocenters. The third kappa shape index (κ3) is 3.86. The molecule has 3 rings (SSSR count). The zero-order valence-corrected chi connectivity index (χ0v) is 14.3. The van der Waals surface area contributed by atoms with Crippen LogP contribution in [0.25, 0.3) is 0 Å². The molecular weight excluding hydrogens is 311 g/mol. The smallest absolute Gasteiger partial charge is 0.250 e. The predicted octanol–water partition coefficient (Wildman–Crippen LogP) is 2.80. The quantitative estimate of drug-likeness (QED) is 0.830. The minimum Gasteiger partial charge on any atom is -0.472 e. The van der Waals surface area contributed by atoms with Crippen LogP contribution >= 0.6 is 0 Å². The van der Waals surface area contributed by atoms with Crippen molar-refractivity contribution in [3.8, 4) is 5.88 Å². The van der Waals surface area contributed by atoms with Gasteiger partial charge in [-0.2, -0.15) is 0 Å². The molecule has 6 heteroatoms. The molecule has 0 aromatic carbocycles. The van der Waals surface area contributed by atoms with Gasteiger partial charge in [-0.15, -0.1) is 0 Å². The first kappa shape index (κ1) is 17.1. The Bertz CT molecular complexity index is 587. The molecule has 3 heterocycles. The summed E-state index contributed by atoms with van der Waals surface area (Å²) in [5, 5.41) is 0. The fraction of sp³-hybridized carbons (Fsp3) is 0.667. The number of carbonyl (C=O) groups is 1. The lowest BCUT2D eigenvalue weighted by Crippen LogP contribution is -2.67. The summed E-state index contributed by atoms with van der Waals surface area (Å²) in [4.78, 5) is 18.0. The van der Waals surface area contributed by atoms with Gasteiger partial charge in [-0.25, -0.2) is 9.37 Å². The van der Waals surface area contributed by atoms with Crippen LogP contribution in [0.2, 0.25) is 0 Å². The van der Waals surface area contributed by atoms with Crippen LogP contribution in [-0.4, -0.2) is 47.2 Å². The Morgan fingerprint density at radius 2 is 2.33 bits per heavy atom. The number of hydrogen-bond acceptors (Lipinski definition) is 4. The average molecular weight is 336 g/mol. The summed E-state index contributed by atoms with van der Waals surface area (Å²) in [5.41, 5.74) is -0.332. The number of ether oxygens (including phenoxy) is 2. The van der Waals surface area contributed by atoms with Gasteiger partial charge < -0.3 is 14.4 Å². The number of carbonyl (C=O) groups excluding carboxylic acids is 1. The maximum atomic E-state index is 13.7. The molecule has 2 fully saturated rings. The molecule has 0 aliphatic carbocycles. The molecular formula is C18H25FN2O3. The average Bonchev–Trinajstić information content (AvgIpc) is 2.52. The Morgan fingerprint density at radius 1 is 1.54 bits per heavy atom. The third-order valence-electron chi connectivity index (χ3n) is 4.70. The van der Waals surface area contributed by atoms with Crippen molar-refractivity contribution in [3.05, 3.63) is 24.1 Å². The van der Waals surface area contributed by atoms with Gasteiger partial charge in [-0.1, -0.05) is 13.8 Å². The van der Waals surface area contributed by atoms with Gasteiger partial charge >= 0.3 is 0 Å². The summed E-state index contributed by atoms with van der Waals surface area (Å²) in [7, 11) is 0. The van der Waals surface area contributed by atoms with Crippen LogP contribution in [0.1, 0.15) is 39.5 Å². The van der Waals surface area contributed by atoms with Crippen molar-refractivity contribution >= 4 is 5.91 Å². The Hall–Kier alpha value is -1.69. The van der Waals surface area contributed by atoms with E-state index >= 15 is 0 Å². The van der Waals surface area contributed by atoms with Crippen LogP contribution in [0.15, 0.2) is 18.3 Å². The highest BCUT2D eigenvalue weighted by atomic mass is 19.1. The van der Waals surface area contributed by atoms with E-state index in [1.807, 2.05) is 4.90 Å². The van der Waals surface area contributed by atoms with Crippen LogP contribution < -0.4 is 4.74 Å². The summed E-state index contributed by atoms with van der Waals surface area (Å²) < 4.78 is 25.3. The van der Waals surface area contributed by atoms with E-state index in [0.717, 1.165) is 6.42 Å². The van der Waals surface area contributed by atoms with E-state index in [2.05, 4.69) is 18.8 Å². The number of amides is 1. The van der Waals surface area contributed by atoms with E-state index in [9.17, 15) is 9.18 Å². The minimum absolute atomic E-state index is 0.0451. The number of rotatable bonds is 5. The maximum absolute atomic E-state index is 13.7. The second-order valence-corrected chi connectivity index (χ2v) is 7.24. The molecule has 24 heavy (non-hydrogen) atoms. The lowest BCUT2D eigenvalue weighted by molar-refractivity contribution is -0.193. The molecule has 2 aliphatic heterocycles. The zero-order valence-electron chi connectivity index (χ0n) is 14.3. The first-order chi connectivity index (χ1) is 11.5. The standard InChI is InChI=1S/C18H25FN2O3/c1-13(2)5-6-16(22)21-11-18(12-21)10-14(7-9-23-18)24-17-15(19)4-3-8-20-17/h3-4,8,13-14H,5-7,9-12H2,1-2H3/t14-/m1/s1. The van der Waals surface area contributed by atoms with E-state index < -0.39 is 5.82 Å². The van der Waals surface area contributed by atoms with Crippen LogP contribution in [0.3, 0.4) is 0 Å². The molecule has 2 saturated heterocycles. The van der Waals surface area contributed by atoms with Crippen LogP contribution in [0.5, 0.6) is 5.88 Å². The topological polar surface area (TPSA) is 51.7 Å². The van der Waals surface area contributed by atoms with Gasteiger partial charge in [0, 0.05) is 25.5 Å². The van der Waals surface area contributed by atoms with Crippen molar-refractivity contribution in [3.63, 3.8) is 0 Å². The summed E-state index contributed by atoms with van der Waals surface area (Å²) in [6.07, 6.45) is 4.26. The molecule has 1 aromatic heterocycles. The Balaban J connectivity index is 1.52. The van der Waals surface area contributed by atoms with Gasteiger partial charge in [-0.05, 0) is 24.5 Å². The molecule has 5 nitrogen and oxygen atoms in total. The van der Waals surface area contributed by atoms with E-state index in [1.54, 1.807) is 6.07 Å². The molecule has 1 spiro atoms. The van der Waals surface area contributed by atoms with Crippen LogP contribution in [0.4, 0.5) is 4.39 Å². The molecule has 1 aromatic rings. The highest BCUT2D eigenvalue weighted by Crippen LogP contribution is 2.36. The van der Waals surface area contributed by atoms with Gasteiger partial charge in [-0.3, -0.25) is 4.79 Å². The van der Waals surface area contributed by atoms with Crippen molar-refractivity contribution in [2.45, 2.75) is 51.2 Å². The number of halogens is 1. The number of hydrogen-bond donors (Lipinski definition) is 0. The summed E-state index contributed by atoms with van der Waals surface area (Å²) in [6, 6.07) is 2.89. The first-order valence-corrected chi connectivity index (χ1v) is 8.66. The number of likely N-dealkylation sites (tertiary alicyclic amines) is 1. The largest absolute Gasteiger partial charge is 0.472 e. The Morgan fingerprint density at radius 3 is 3.04 bits per heavy atom. The van der Waals surface area contributed by atoms with Gasteiger partial charge in [0.25, 0.3) is 5.88 Å². The van der Waals surface area contributed by atoms with Crippen molar-refractivity contribution in [1.29, 1.82) is 0 Å². The number of pyridine rings is 1. The number of aromatic nitrogens is 1. The molecule has 0 radical (unpaired) electrons. The van der Waals surface area contributed by atoms with E-state index in [4.69, 9.17) is 9.47 Å². The van der Waals surface area contributed by atoms with Crippen LogP contribution in [-0.2, 0) is 9.53 Å².